The summed E-state index contributed by atoms with van der Waals surface area (Å²) in [6, 6.07) is 8.70. The van der Waals surface area contributed by atoms with Gasteiger partial charge in [-0.2, -0.15) is 0 Å². The zero-order chi connectivity index (χ0) is 13.8. The van der Waals surface area contributed by atoms with Crippen LogP contribution in [0.1, 0.15) is 34.7 Å². The first-order chi connectivity index (χ1) is 9.06. The van der Waals surface area contributed by atoms with Crippen LogP contribution < -0.4 is 11.1 Å². The summed E-state index contributed by atoms with van der Waals surface area (Å²) >= 11 is 0. The van der Waals surface area contributed by atoms with Crippen molar-refractivity contribution in [1.29, 1.82) is 0 Å². The number of hydrogen-bond acceptors (Lipinski definition) is 4. The molecule has 0 saturated heterocycles. The Morgan fingerprint density at radius 3 is 2.79 bits per heavy atom. The lowest BCUT2D eigenvalue weighted by molar-refractivity contribution is 0.0939. The number of hydrogen-bond donors (Lipinski definition) is 2. The van der Waals surface area contributed by atoms with E-state index in [1.807, 2.05) is 25.1 Å². The Balaban J connectivity index is 2.13. The lowest BCUT2D eigenvalue weighted by atomic mass is 10.1. The van der Waals surface area contributed by atoms with Gasteiger partial charge in [0, 0.05) is 17.5 Å². The van der Waals surface area contributed by atoms with Crippen LogP contribution in [-0.4, -0.2) is 15.9 Å². The third-order valence-electron chi connectivity index (χ3n) is 2.71. The molecule has 3 N–H and O–H groups in total. The van der Waals surface area contributed by atoms with Crippen molar-refractivity contribution in [2.75, 3.05) is 5.73 Å². The molecule has 5 nitrogen and oxygen atoms in total. The van der Waals surface area contributed by atoms with Gasteiger partial charge in [-0.1, -0.05) is 6.07 Å². The molecule has 0 bridgehead atoms. The molecule has 0 aromatic carbocycles. The molecule has 0 radical (unpaired) electrons. The Morgan fingerprint density at radius 1 is 1.37 bits per heavy atom. The molecule has 2 rings (SSSR count). The maximum absolute atomic E-state index is 12.1. The van der Waals surface area contributed by atoms with E-state index in [1.54, 1.807) is 25.3 Å². The Labute approximate surface area is 111 Å². The van der Waals surface area contributed by atoms with E-state index in [-0.39, 0.29) is 11.9 Å². The van der Waals surface area contributed by atoms with E-state index < -0.39 is 0 Å². The SMILES string of the molecule is Cc1cc(C(=O)NC(C)c2ccccn2)cc(N)n1. The van der Waals surface area contributed by atoms with Crippen LogP contribution in [0, 0.1) is 6.92 Å². The molecule has 19 heavy (non-hydrogen) atoms. The summed E-state index contributed by atoms with van der Waals surface area (Å²) in [5.41, 5.74) is 7.68. The Kier molecular flexibility index (Phi) is 3.75. The first-order valence-corrected chi connectivity index (χ1v) is 6.02. The summed E-state index contributed by atoms with van der Waals surface area (Å²) in [5, 5.41) is 2.88. The molecule has 2 aromatic rings. The van der Waals surface area contributed by atoms with Crippen LogP contribution in [0.4, 0.5) is 5.82 Å². The zero-order valence-electron chi connectivity index (χ0n) is 10.9. The summed E-state index contributed by atoms with van der Waals surface area (Å²) in [5.74, 6) is 0.158. The van der Waals surface area contributed by atoms with Crippen LogP contribution in [0.15, 0.2) is 36.5 Å². The van der Waals surface area contributed by atoms with Gasteiger partial charge in [0.25, 0.3) is 5.91 Å². The molecule has 98 valence electrons. The standard InChI is InChI=1S/C14H16N4O/c1-9-7-11(8-13(15)17-9)14(19)18-10(2)12-5-3-4-6-16-12/h3-8,10H,1-2H3,(H2,15,17)(H,18,19). The van der Waals surface area contributed by atoms with Crippen LogP contribution in [0.25, 0.3) is 0 Å². The van der Waals surface area contributed by atoms with E-state index >= 15 is 0 Å². The molecule has 0 aliphatic rings. The van der Waals surface area contributed by atoms with Gasteiger partial charge in [-0.15, -0.1) is 0 Å². The van der Waals surface area contributed by atoms with Crippen LogP contribution in [0.5, 0.6) is 0 Å². The van der Waals surface area contributed by atoms with Gasteiger partial charge in [0.05, 0.1) is 11.7 Å². The molecule has 0 fully saturated rings. The minimum Gasteiger partial charge on any atom is -0.384 e. The number of aromatic nitrogens is 2. The highest BCUT2D eigenvalue weighted by molar-refractivity contribution is 5.95. The summed E-state index contributed by atoms with van der Waals surface area (Å²) in [7, 11) is 0. The van der Waals surface area contributed by atoms with Gasteiger partial charge in [-0.25, -0.2) is 4.98 Å². The van der Waals surface area contributed by atoms with Gasteiger partial charge >= 0.3 is 0 Å². The molecular formula is C14H16N4O. The molecule has 5 heteroatoms. The lowest BCUT2D eigenvalue weighted by Gasteiger charge is -2.13. The molecule has 0 aliphatic carbocycles. The maximum Gasteiger partial charge on any atom is 0.252 e. The van der Waals surface area contributed by atoms with E-state index in [2.05, 4.69) is 15.3 Å². The second kappa shape index (κ2) is 5.48. The highest BCUT2D eigenvalue weighted by Crippen LogP contribution is 2.11. The van der Waals surface area contributed by atoms with Crippen LogP contribution in [0.3, 0.4) is 0 Å². The van der Waals surface area contributed by atoms with E-state index in [0.29, 0.717) is 11.4 Å². The highest BCUT2D eigenvalue weighted by Gasteiger charge is 2.13. The number of pyridine rings is 2. The fourth-order valence-corrected chi connectivity index (χ4v) is 1.81. The predicted molar refractivity (Wildman–Crippen MR) is 73.5 cm³/mol. The van der Waals surface area contributed by atoms with E-state index in [0.717, 1.165) is 11.4 Å². The lowest BCUT2D eigenvalue weighted by Crippen LogP contribution is -2.27. The topological polar surface area (TPSA) is 80.9 Å². The van der Waals surface area contributed by atoms with E-state index in [4.69, 9.17) is 5.73 Å². The monoisotopic (exact) mass is 256 g/mol. The molecule has 1 unspecified atom stereocenters. The number of nitrogens with zero attached hydrogens (tertiary/aromatic N) is 2. The number of carbonyl (C=O) groups excluding carboxylic acids is 1. The average Bonchev–Trinajstić information content (AvgIpc) is 2.38. The number of nitrogens with two attached hydrogens (primary N) is 1. The maximum atomic E-state index is 12.1. The summed E-state index contributed by atoms with van der Waals surface area (Å²) in [6.45, 7) is 3.69. The first kappa shape index (κ1) is 13.0. The fourth-order valence-electron chi connectivity index (χ4n) is 1.81. The second-order valence-corrected chi connectivity index (χ2v) is 4.37. The number of amides is 1. The van der Waals surface area contributed by atoms with Gasteiger partial charge in [0.1, 0.15) is 5.82 Å². The molecule has 1 amide bonds. The van der Waals surface area contributed by atoms with Gasteiger partial charge in [-0.05, 0) is 38.1 Å². The normalized spacial score (nSPS) is 11.9. The molecular weight excluding hydrogens is 240 g/mol. The minimum absolute atomic E-state index is 0.164. The van der Waals surface area contributed by atoms with Crippen molar-refractivity contribution in [3.63, 3.8) is 0 Å². The third kappa shape index (κ3) is 3.28. The quantitative estimate of drug-likeness (QED) is 0.878. The average molecular weight is 256 g/mol. The number of rotatable bonds is 3. The second-order valence-electron chi connectivity index (χ2n) is 4.37. The van der Waals surface area contributed by atoms with Crippen molar-refractivity contribution < 1.29 is 4.79 Å². The molecule has 0 spiro atoms. The summed E-state index contributed by atoms with van der Waals surface area (Å²) < 4.78 is 0. The first-order valence-electron chi connectivity index (χ1n) is 6.02. The molecule has 2 heterocycles. The highest BCUT2D eigenvalue weighted by atomic mass is 16.1. The summed E-state index contributed by atoms with van der Waals surface area (Å²) in [4.78, 5) is 20.4. The largest absolute Gasteiger partial charge is 0.384 e. The molecule has 1 atom stereocenters. The molecule has 0 saturated carbocycles. The van der Waals surface area contributed by atoms with E-state index in [1.165, 1.54) is 0 Å². The van der Waals surface area contributed by atoms with Crippen molar-refractivity contribution in [2.45, 2.75) is 19.9 Å². The predicted octanol–water partition coefficient (Wildman–Crippen LogP) is 1.86. The number of nitrogen functional groups attached to an aromatic ring is 1. The smallest absolute Gasteiger partial charge is 0.252 e. The Morgan fingerprint density at radius 2 is 2.16 bits per heavy atom. The van der Waals surface area contributed by atoms with Gasteiger partial charge in [0.2, 0.25) is 0 Å². The number of nitrogens with one attached hydrogen (secondary N) is 1. The number of aryl methyl sites for hydroxylation is 1. The van der Waals surface area contributed by atoms with Crippen molar-refractivity contribution in [1.82, 2.24) is 15.3 Å². The Hall–Kier alpha value is -2.43. The van der Waals surface area contributed by atoms with Gasteiger partial charge < -0.3 is 11.1 Å². The van der Waals surface area contributed by atoms with Crippen LogP contribution in [0.2, 0.25) is 0 Å². The van der Waals surface area contributed by atoms with Crippen molar-refractivity contribution >= 4 is 11.7 Å². The fraction of sp³-hybridized carbons (Fsp3) is 0.214. The molecule has 2 aromatic heterocycles. The molecule has 0 aliphatic heterocycles. The number of carbonyl (C=O) groups is 1. The van der Waals surface area contributed by atoms with Crippen molar-refractivity contribution in [3.05, 3.63) is 53.5 Å². The van der Waals surface area contributed by atoms with Crippen LogP contribution >= 0.6 is 0 Å². The van der Waals surface area contributed by atoms with Crippen molar-refractivity contribution in [2.24, 2.45) is 0 Å². The zero-order valence-corrected chi connectivity index (χ0v) is 10.9. The Bertz CT molecular complexity index is 563. The number of anilines is 1. The van der Waals surface area contributed by atoms with Crippen LogP contribution in [-0.2, 0) is 0 Å². The van der Waals surface area contributed by atoms with E-state index in [9.17, 15) is 4.79 Å². The van der Waals surface area contributed by atoms with Gasteiger partial charge in [-0.3, -0.25) is 9.78 Å². The summed E-state index contributed by atoms with van der Waals surface area (Å²) in [6.07, 6.45) is 1.70. The van der Waals surface area contributed by atoms with Crippen molar-refractivity contribution in [3.8, 4) is 0 Å². The van der Waals surface area contributed by atoms with Gasteiger partial charge in [0.15, 0.2) is 0 Å². The third-order valence-corrected chi connectivity index (χ3v) is 2.71. The minimum atomic E-state index is -0.185.